The van der Waals surface area contributed by atoms with Gasteiger partial charge in [0.1, 0.15) is 11.6 Å². The minimum Gasteiger partial charge on any atom is -0.478 e. The van der Waals surface area contributed by atoms with Crippen LogP contribution in [0.25, 0.3) is 0 Å². The molecule has 2 N–H and O–H groups in total. The van der Waals surface area contributed by atoms with Crippen LogP contribution in [-0.2, 0) is 9.59 Å². The topological polar surface area (TPSA) is 75.6 Å². The number of benzene rings is 1. The number of hydrogen-bond acceptors (Lipinski definition) is 3. The Labute approximate surface area is 147 Å². The second-order valence-electron chi connectivity index (χ2n) is 6.18. The van der Waals surface area contributed by atoms with Gasteiger partial charge < -0.3 is 15.2 Å². The molecule has 1 aliphatic carbocycles. The van der Waals surface area contributed by atoms with Crippen molar-refractivity contribution in [1.29, 1.82) is 0 Å². The number of alkyl halides is 3. The van der Waals surface area contributed by atoms with E-state index in [2.05, 4.69) is 5.32 Å². The average Bonchev–Trinajstić information content (AvgIpc) is 2.59. The van der Waals surface area contributed by atoms with E-state index in [1.54, 1.807) is 0 Å². The fraction of sp³-hybridized carbons (Fsp3) is 0.529. The van der Waals surface area contributed by atoms with Gasteiger partial charge in [-0.25, -0.2) is 9.18 Å². The van der Waals surface area contributed by atoms with Crippen LogP contribution in [0.3, 0.4) is 0 Å². The minimum atomic E-state index is -4.47. The lowest BCUT2D eigenvalue weighted by atomic mass is 9.78. The summed E-state index contributed by atoms with van der Waals surface area (Å²) in [7, 11) is 0. The number of ether oxygens (including phenoxy) is 1. The van der Waals surface area contributed by atoms with Crippen molar-refractivity contribution >= 4 is 11.9 Å². The Morgan fingerprint density at radius 3 is 2.38 bits per heavy atom. The predicted octanol–water partition coefficient (Wildman–Crippen LogP) is 3.14. The summed E-state index contributed by atoms with van der Waals surface area (Å²) < 4.78 is 57.2. The molecule has 0 aromatic heterocycles. The van der Waals surface area contributed by atoms with Crippen LogP contribution in [0.1, 0.15) is 25.7 Å². The van der Waals surface area contributed by atoms with E-state index in [-0.39, 0.29) is 18.6 Å². The SMILES string of the molecule is O=C(O)C(CNC(=O)C1CCCCC1C(F)(F)F)Oc1ccc(F)cc1. The van der Waals surface area contributed by atoms with Crippen molar-refractivity contribution < 1.29 is 37.0 Å². The zero-order chi connectivity index (χ0) is 19.3. The zero-order valence-electron chi connectivity index (χ0n) is 13.8. The molecule has 0 aliphatic heterocycles. The van der Waals surface area contributed by atoms with E-state index in [1.807, 2.05) is 0 Å². The third-order valence-electron chi connectivity index (χ3n) is 4.35. The molecule has 1 amide bonds. The molecule has 0 bridgehead atoms. The van der Waals surface area contributed by atoms with Gasteiger partial charge in [0.25, 0.3) is 0 Å². The molecule has 0 radical (unpaired) electrons. The van der Waals surface area contributed by atoms with Crippen LogP contribution in [0.15, 0.2) is 24.3 Å². The van der Waals surface area contributed by atoms with E-state index < -0.39 is 48.4 Å². The van der Waals surface area contributed by atoms with E-state index in [9.17, 15) is 27.2 Å². The van der Waals surface area contributed by atoms with Crippen LogP contribution in [0.5, 0.6) is 5.75 Å². The van der Waals surface area contributed by atoms with E-state index in [1.165, 1.54) is 12.1 Å². The molecule has 1 saturated carbocycles. The van der Waals surface area contributed by atoms with E-state index in [4.69, 9.17) is 9.84 Å². The minimum absolute atomic E-state index is 0.0684. The molecule has 26 heavy (non-hydrogen) atoms. The van der Waals surface area contributed by atoms with Crippen molar-refractivity contribution in [3.63, 3.8) is 0 Å². The standard InChI is InChI=1S/C17H19F4NO4/c18-10-5-7-11(8-6-10)26-14(16(24)25)9-22-15(23)12-3-1-2-4-13(12)17(19,20)21/h5-8,12-14H,1-4,9H2,(H,22,23)(H,24,25). The molecule has 1 aromatic rings. The van der Waals surface area contributed by atoms with Crippen LogP contribution in [0.4, 0.5) is 17.6 Å². The third-order valence-corrected chi connectivity index (χ3v) is 4.35. The Bertz CT molecular complexity index is 633. The maximum atomic E-state index is 13.1. The second kappa shape index (κ2) is 8.37. The average molecular weight is 377 g/mol. The predicted molar refractivity (Wildman–Crippen MR) is 83.0 cm³/mol. The number of carboxylic acid groups (broad SMARTS) is 1. The van der Waals surface area contributed by atoms with Gasteiger partial charge in [0, 0.05) is 5.92 Å². The number of carboxylic acids is 1. The largest absolute Gasteiger partial charge is 0.478 e. The molecule has 0 saturated heterocycles. The summed E-state index contributed by atoms with van der Waals surface area (Å²) in [5.41, 5.74) is 0. The first-order chi connectivity index (χ1) is 12.2. The molecule has 0 spiro atoms. The van der Waals surface area contributed by atoms with Crippen molar-refractivity contribution in [2.24, 2.45) is 11.8 Å². The van der Waals surface area contributed by atoms with Crippen LogP contribution < -0.4 is 10.1 Å². The van der Waals surface area contributed by atoms with Crippen molar-refractivity contribution in [3.05, 3.63) is 30.1 Å². The molecule has 0 heterocycles. The first-order valence-electron chi connectivity index (χ1n) is 8.18. The van der Waals surface area contributed by atoms with E-state index >= 15 is 0 Å². The maximum Gasteiger partial charge on any atom is 0.392 e. The summed E-state index contributed by atoms with van der Waals surface area (Å²) >= 11 is 0. The lowest BCUT2D eigenvalue weighted by molar-refractivity contribution is -0.198. The van der Waals surface area contributed by atoms with Gasteiger partial charge in [0.15, 0.2) is 0 Å². The van der Waals surface area contributed by atoms with Gasteiger partial charge in [-0.15, -0.1) is 0 Å². The number of carbonyl (C=O) groups excluding carboxylic acids is 1. The Kier molecular flexibility index (Phi) is 6.44. The highest BCUT2D eigenvalue weighted by Crippen LogP contribution is 2.41. The molecule has 1 fully saturated rings. The zero-order valence-corrected chi connectivity index (χ0v) is 13.8. The fourth-order valence-corrected chi connectivity index (χ4v) is 3.02. The first kappa shape index (κ1) is 20.0. The number of amides is 1. The first-order valence-corrected chi connectivity index (χ1v) is 8.18. The lowest BCUT2D eigenvalue weighted by Crippen LogP contribution is -2.46. The smallest absolute Gasteiger partial charge is 0.392 e. The van der Waals surface area contributed by atoms with Gasteiger partial charge in [-0.05, 0) is 37.1 Å². The van der Waals surface area contributed by atoms with Gasteiger partial charge in [-0.2, -0.15) is 13.2 Å². The number of nitrogens with one attached hydrogen (secondary N) is 1. The molecule has 3 atom stereocenters. The number of halogens is 4. The van der Waals surface area contributed by atoms with E-state index in [0.29, 0.717) is 12.8 Å². The van der Waals surface area contributed by atoms with Crippen LogP contribution in [0.2, 0.25) is 0 Å². The summed E-state index contributed by atoms with van der Waals surface area (Å²) in [5.74, 6) is -5.65. The van der Waals surface area contributed by atoms with Crippen LogP contribution in [0, 0.1) is 17.7 Å². The van der Waals surface area contributed by atoms with Crippen LogP contribution >= 0.6 is 0 Å². The molecular weight excluding hydrogens is 358 g/mol. The number of carbonyl (C=O) groups is 2. The Morgan fingerprint density at radius 2 is 1.81 bits per heavy atom. The summed E-state index contributed by atoms with van der Waals surface area (Å²) in [4.78, 5) is 23.4. The molecule has 9 heteroatoms. The van der Waals surface area contributed by atoms with Gasteiger partial charge in [0.2, 0.25) is 12.0 Å². The fourth-order valence-electron chi connectivity index (χ4n) is 3.02. The van der Waals surface area contributed by atoms with Crippen molar-refractivity contribution in [2.45, 2.75) is 38.0 Å². The quantitative estimate of drug-likeness (QED) is 0.747. The molecule has 5 nitrogen and oxygen atoms in total. The number of aliphatic carboxylic acids is 1. The summed E-state index contributed by atoms with van der Waals surface area (Å²) in [6.45, 7) is -0.493. The Balaban J connectivity index is 1.97. The second-order valence-corrected chi connectivity index (χ2v) is 6.18. The maximum absolute atomic E-state index is 13.1. The van der Waals surface area contributed by atoms with Gasteiger partial charge in [0.05, 0.1) is 12.5 Å². The highest BCUT2D eigenvalue weighted by atomic mass is 19.4. The van der Waals surface area contributed by atoms with Gasteiger partial charge in [-0.3, -0.25) is 4.79 Å². The van der Waals surface area contributed by atoms with Crippen molar-refractivity contribution in [1.82, 2.24) is 5.32 Å². The Hall–Kier alpha value is -2.32. The van der Waals surface area contributed by atoms with Gasteiger partial charge in [-0.1, -0.05) is 12.8 Å². The van der Waals surface area contributed by atoms with Crippen molar-refractivity contribution in [3.8, 4) is 5.75 Å². The van der Waals surface area contributed by atoms with Crippen molar-refractivity contribution in [2.75, 3.05) is 6.54 Å². The Morgan fingerprint density at radius 1 is 1.19 bits per heavy atom. The summed E-state index contributed by atoms with van der Waals surface area (Å²) in [6, 6.07) is 4.58. The molecular formula is C17H19F4NO4. The monoisotopic (exact) mass is 377 g/mol. The van der Waals surface area contributed by atoms with Gasteiger partial charge >= 0.3 is 12.1 Å². The molecule has 1 aliphatic rings. The summed E-state index contributed by atoms with van der Waals surface area (Å²) in [5, 5.41) is 11.4. The highest BCUT2D eigenvalue weighted by molar-refractivity contribution is 5.80. The lowest BCUT2D eigenvalue weighted by Gasteiger charge is -2.32. The normalized spacial score (nSPS) is 21.7. The number of rotatable bonds is 6. The summed E-state index contributed by atoms with van der Waals surface area (Å²) in [6.07, 6.45) is -5.07. The molecule has 2 rings (SSSR count). The molecule has 3 unspecified atom stereocenters. The number of hydrogen-bond donors (Lipinski definition) is 2. The highest BCUT2D eigenvalue weighted by Gasteiger charge is 2.48. The third kappa shape index (κ3) is 5.34. The molecule has 144 valence electrons. The molecule has 1 aromatic carbocycles. The van der Waals surface area contributed by atoms with E-state index in [0.717, 1.165) is 12.1 Å². The van der Waals surface area contributed by atoms with Crippen LogP contribution in [-0.4, -0.2) is 35.8 Å².